The number of aliphatic hydroxyl groups is 1. The Hall–Kier alpha value is -2.82. The zero-order valence-corrected chi connectivity index (χ0v) is 21.2. The summed E-state index contributed by atoms with van der Waals surface area (Å²) in [6, 6.07) is -0.937. The highest BCUT2D eigenvalue weighted by molar-refractivity contribution is 5.88. The van der Waals surface area contributed by atoms with E-state index in [1.807, 2.05) is 4.57 Å². The third kappa shape index (κ3) is 7.84. The number of ether oxygens (including phenoxy) is 1. The van der Waals surface area contributed by atoms with E-state index in [2.05, 4.69) is 15.6 Å². The number of piperazine rings is 1. The lowest BCUT2D eigenvalue weighted by Gasteiger charge is -2.41. The molecule has 1 aliphatic carbocycles. The number of hydrogen-bond donors (Lipinski definition) is 3. The molecule has 0 unspecified atom stereocenters. The van der Waals surface area contributed by atoms with Gasteiger partial charge in [-0.05, 0) is 40.0 Å². The summed E-state index contributed by atoms with van der Waals surface area (Å²) in [5.74, 6) is 0.271. The number of aliphatic hydroxyl groups excluding tert-OH is 1. The lowest BCUT2D eigenvalue weighted by atomic mass is 9.95. The lowest BCUT2D eigenvalue weighted by molar-refractivity contribution is -0.127. The molecule has 11 nitrogen and oxygen atoms in total. The van der Waals surface area contributed by atoms with Crippen molar-refractivity contribution in [1.29, 1.82) is 0 Å². The van der Waals surface area contributed by atoms with Gasteiger partial charge in [0.1, 0.15) is 24.1 Å². The van der Waals surface area contributed by atoms with Crippen molar-refractivity contribution in [2.45, 2.75) is 90.1 Å². The van der Waals surface area contributed by atoms with Gasteiger partial charge in [0.15, 0.2) is 0 Å². The molecule has 4 amide bonds. The highest BCUT2D eigenvalue weighted by Gasteiger charge is 2.38. The van der Waals surface area contributed by atoms with Crippen LogP contribution in [0.4, 0.5) is 9.59 Å². The number of amides is 4. The molecule has 1 aliphatic heterocycles. The number of aromatic nitrogens is 2. The summed E-state index contributed by atoms with van der Waals surface area (Å²) < 4.78 is 7.33. The Morgan fingerprint density at radius 1 is 1.17 bits per heavy atom. The fraction of sp³-hybridized carbons (Fsp3) is 0.750. The SMILES string of the molecule is CC(C)(C)OC(=O)N1CCN(C(=O)NC2CCCCC2)[C@@H](C(=O)NCCCn2ccnc2CO)C1. The van der Waals surface area contributed by atoms with Crippen molar-refractivity contribution in [3.05, 3.63) is 18.2 Å². The van der Waals surface area contributed by atoms with Crippen molar-refractivity contribution in [3.63, 3.8) is 0 Å². The molecule has 11 heteroatoms. The van der Waals surface area contributed by atoms with E-state index in [1.54, 1.807) is 38.1 Å². The van der Waals surface area contributed by atoms with Crippen LogP contribution in [0.3, 0.4) is 0 Å². The van der Waals surface area contributed by atoms with Gasteiger partial charge in [-0.15, -0.1) is 0 Å². The summed E-state index contributed by atoms with van der Waals surface area (Å²) in [7, 11) is 0. The lowest BCUT2D eigenvalue weighted by Crippen LogP contribution is -2.64. The standard InChI is InChI=1S/C24H40N6O5/c1-24(2,3)35-23(34)29-14-15-30(22(33)27-18-8-5-4-6-9-18)19(16-29)21(32)26-10-7-12-28-13-11-25-20(28)17-31/h11,13,18-19,31H,4-10,12,14-17H2,1-3H3,(H,26,32)(H,27,33)/t19-/m1/s1. The number of rotatable bonds is 7. The minimum absolute atomic E-state index is 0.0784. The number of hydrogen-bond acceptors (Lipinski definition) is 6. The third-order valence-electron chi connectivity index (χ3n) is 6.35. The van der Waals surface area contributed by atoms with Crippen LogP contribution < -0.4 is 10.6 Å². The van der Waals surface area contributed by atoms with E-state index >= 15 is 0 Å². The summed E-state index contributed by atoms with van der Waals surface area (Å²) in [6.45, 7) is 6.87. The first-order valence-corrected chi connectivity index (χ1v) is 12.6. The largest absolute Gasteiger partial charge is 0.444 e. The predicted octanol–water partition coefficient (Wildman–Crippen LogP) is 1.85. The summed E-state index contributed by atoms with van der Waals surface area (Å²) in [6.07, 6.45) is 8.82. The van der Waals surface area contributed by atoms with E-state index in [1.165, 1.54) is 11.3 Å². The first kappa shape index (κ1) is 26.8. The highest BCUT2D eigenvalue weighted by Crippen LogP contribution is 2.19. The van der Waals surface area contributed by atoms with E-state index in [0.29, 0.717) is 31.9 Å². The van der Waals surface area contributed by atoms with E-state index in [4.69, 9.17) is 4.74 Å². The maximum Gasteiger partial charge on any atom is 0.410 e. The summed E-state index contributed by atoms with van der Waals surface area (Å²) in [4.78, 5) is 46.1. The minimum atomic E-state index is -0.805. The maximum absolute atomic E-state index is 13.2. The van der Waals surface area contributed by atoms with Crippen LogP contribution in [0.15, 0.2) is 12.4 Å². The Labute approximate surface area is 207 Å². The Morgan fingerprint density at radius 3 is 2.60 bits per heavy atom. The fourth-order valence-electron chi connectivity index (χ4n) is 4.52. The van der Waals surface area contributed by atoms with E-state index in [-0.39, 0.29) is 37.7 Å². The number of carbonyl (C=O) groups excluding carboxylic acids is 3. The maximum atomic E-state index is 13.2. The normalized spacial score (nSPS) is 19.4. The van der Waals surface area contributed by atoms with Crippen LogP contribution in [-0.2, 0) is 22.7 Å². The van der Waals surface area contributed by atoms with Crippen molar-refractivity contribution in [2.75, 3.05) is 26.2 Å². The molecular formula is C24H40N6O5. The molecule has 1 saturated heterocycles. The second-order valence-electron chi connectivity index (χ2n) is 10.3. The van der Waals surface area contributed by atoms with Gasteiger partial charge in [0.2, 0.25) is 5.91 Å². The van der Waals surface area contributed by atoms with Gasteiger partial charge in [-0.25, -0.2) is 14.6 Å². The molecule has 0 radical (unpaired) electrons. The van der Waals surface area contributed by atoms with Gasteiger partial charge in [-0.1, -0.05) is 19.3 Å². The number of urea groups is 1. The van der Waals surface area contributed by atoms with E-state index in [0.717, 1.165) is 25.7 Å². The number of nitrogens with one attached hydrogen (secondary N) is 2. The highest BCUT2D eigenvalue weighted by atomic mass is 16.6. The van der Waals surface area contributed by atoms with Crippen LogP contribution >= 0.6 is 0 Å². The Kier molecular flexibility index (Phi) is 9.36. The molecule has 0 spiro atoms. The zero-order valence-electron chi connectivity index (χ0n) is 21.2. The molecule has 2 aliphatic rings. The molecule has 1 atom stereocenters. The third-order valence-corrected chi connectivity index (χ3v) is 6.35. The first-order chi connectivity index (χ1) is 16.7. The quantitative estimate of drug-likeness (QED) is 0.498. The average Bonchev–Trinajstić information content (AvgIpc) is 3.28. The molecule has 0 aromatic carbocycles. The molecule has 1 saturated carbocycles. The molecule has 2 heterocycles. The molecule has 1 aromatic heterocycles. The Morgan fingerprint density at radius 2 is 1.91 bits per heavy atom. The molecular weight excluding hydrogens is 452 g/mol. The predicted molar refractivity (Wildman–Crippen MR) is 129 cm³/mol. The fourth-order valence-corrected chi connectivity index (χ4v) is 4.52. The average molecular weight is 493 g/mol. The monoisotopic (exact) mass is 492 g/mol. The minimum Gasteiger partial charge on any atom is -0.444 e. The van der Waals surface area contributed by atoms with Crippen molar-refractivity contribution in [3.8, 4) is 0 Å². The summed E-state index contributed by atoms with van der Waals surface area (Å²) in [5, 5.41) is 15.3. The molecule has 35 heavy (non-hydrogen) atoms. The second kappa shape index (κ2) is 12.2. The van der Waals surface area contributed by atoms with Crippen LogP contribution in [0.1, 0.15) is 65.1 Å². The van der Waals surface area contributed by atoms with Gasteiger partial charge < -0.3 is 34.8 Å². The zero-order chi connectivity index (χ0) is 25.4. The topological polar surface area (TPSA) is 129 Å². The van der Waals surface area contributed by atoms with Gasteiger partial charge in [-0.2, -0.15) is 0 Å². The number of imidazole rings is 1. The van der Waals surface area contributed by atoms with E-state index in [9.17, 15) is 19.5 Å². The van der Waals surface area contributed by atoms with Gasteiger partial charge in [0.05, 0.1) is 6.54 Å². The van der Waals surface area contributed by atoms with Gasteiger partial charge in [0, 0.05) is 44.6 Å². The molecule has 1 aromatic rings. The smallest absolute Gasteiger partial charge is 0.410 e. The van der Waals surface area contributed by atoms with Gasteiger partial charge >= 0.3 is 12.1 Å². The Bertz CT molecular complexity index is 861. The van der Waals surface area contributed by atoms with Crippen molar-refractivity contribution >= 4 is 18.0 Å². The number of aryl methyl sites for hydroxylation is 1. The van der Waals surface area contributed by atoms with Crippen molar-refractivity contribution in [1.82, 2.24) is 30.0 Å². The van der Waals surface area contributed by atoms with Crippen LogP contribution in [0, 0.1) is 0 Å². The number of nitrogens with zero attached hydrogens (tertiary/aromatic N) is 4. The molecule has 3 rings (SSSR count). The van der Waals surface area contributed by atoms with E-state index < -0.39 is 17.7 Å². The first-order valence-electron chi connectivity index (χ1n) is 12.6. The van der Waals surface area contributed by atoms with Crippen molar-refractivity contribution in [2.24, 2.45) is 0 Å². The van der Waals surface area contributed by atoms with Gasteiger partial charge in [0.25, 0.3) is 0 Å². The van der Waals surface area contributed by atoms with Crippen molar-refractivity contribution < 1.29 is 24.2 Å². The van der Waals surface area contributed by atoms with Crippen LogP contribution in [-0.4, -0.2) is 86.4 Å². The molecule has 2 fully saturated rings. The molecule has 0 bridgehead atoms. The van der Waals surface area contributed by atoms with Crippen LogP contribution in [0.25, 0.3) is 0 Å². The Balaban J connectivity index is 1.61. The molecule has 196 valence electrons. The van der Waals surface area contributed by atoms with Gasteiger partial charge in [-0.3, -0.25) is 4.79 Å². The summed E-state index contributed by atoms with van der Waals surface area (Å²) in [5.41, 5.74) is -0.648. The summed E-state index contributed by atoms with van der Waals surface area (Å²) >= 11 is 0. The second-order valence-corrected chi connectivity index (χ2v) is 10.3. The van der Waals surface area contributed by atoms with Crippen LogP contribution in [0.2, 0.25) is 0 Å². The molecule has 3 N–H and O–H groups in total. The van der Waals surface area contributed by atoms with Crippen LogP contribution in [0.5, 0.6) is 0 Å². The number of carbonyl (C=O) groups is 3.